The molecule has 0 aliphatic rings. The third-order valence-electron chi connectivity index (χ3n) is 1.65. The highest BCUT2D eigenvalue weighted by Crippen LogP contribution is 2.34. The minimum absolute atomic E-state index is 0.0153. The number of hydrogen-bond acceptors (Lipinski definition) is 4. The fraction of sp³-hybridized carbons (Fsp3) is 0.125. The molecule has 5 nitrogen and oxygen atoms in total. The predicted molar refractivity (Wildman–Crippen MR) is 50.0 cm³/mol. The van der Waals surface area contributed by atoms with Crippen molar-refractivity contribution in [3.05, 3.63) is 32.8 Å². The fourth-order valence-corrected chi connectivity index (χ4v) is 1.23. The van der Waals surface area contributed by atoms with Crippen LogP contribution in [0.5, 0.6) is 5.75 Å². The minimum Gasteiger partial charge on any atom is -0.490 e. The highest BCUT2D eigenvalue weighted by molar-refractivity contribution is 6.33. The highest BCUT2D eigenvalue weighted by Gasteiger charge is 2.22. The van der Waals surface area contributed by atoms with Crippen LogP contribution in [0.15, 0.2) is 12.1 Å². The van der Waals surface area contributed by atoms with Gasteiger partial charge in [-0.25, -0.2) is 0 Å². The van der Waals surface area contributed by atoms with Gasteiger partial charge in [-0.3, -0.25) is 14.9 Å². The van der Waals surface area contributed by atoms with Crippen molar-refractivity contribution in [1.29, 1.82) is 0 Å². The number of nitro benzene ring substituents is 1. The average molecular weight is 216 g/mol. The van der Waals surface area contributed by atoms with Gasteiger partial charge in [-0.15, -0.1) is 0 Å². The molecule has 0 unspecified atom stereocenters. The van der Waals surface area contributed by atoms with Gasteiger partial charge >= 0.3 is 5.69 Å². The number of carbonyl (C=O) groups excluding carboxylic acids is 1. The van der Waals surface area contributed by atoms with E-state index in [2.05, 4.69) is 0 Å². The van der Waals surface area contributed by atoms with Gasteiger partial charge in [0.2, 0.25) is 0 Å². The zero-order chi connectivity index (χ0) is 10.7. The summed E-state index contributed by atoms with van der Waals surface area (Å²) in [5, 5.41) is 10.7. The molecule has 6 heteroatoms. The quantitative estimate of drug-likeness (QED) is 0.440. The van der Waals surface area contributed by atoms with Gasteiger partial charge in [0.15, 0.2) is 12.0 Å². The SMILES string of the molecule is COc1ccc(Cl)c(C=O)c1[N+](=O)[O-]. The summed E-state index contributed by atoms with van der Waals surface area (Å²) in [6, 6.07) is 2.71. The summed E-state index contributed by atoms with van der Waals surface area (Å²) in [6.45, 7) is 0. The standard InChI is InChI=1S/C8H6ClNO4/c1-14-7-3-2-6(9)5(4-11)8(7)10(12)13/h2-4H,1H3. The van der Waals surface area contributed by atoms with Crippen molar-refractivity contribution in [2.45, 2.75) is 0 Å². The van der Waals surface area contributed by atoms with E-state index in [-0.39, 0.29) is 16.3 Å². The number of hydrogen-bond donors (Lipinski definition) is 0. The Morgan fingerprint density at radius 1 is 1.57 bits per heavy atom. The first-order valence-corrected chi connectivity index (χ1v) is 3.95. The lowest BCUT2D eigenvalue weighted by Gasteiger charge is -2.03. The van der Waals surface area contributed by atoms with Gasteiger partial charge in [0.1, 0.15) is 5.56 Å². The molecule has 0 aliphatic carbocycles. The first kappa shape index (κ1) is 10.5. The van der Waals surface area contributed by atoms with Crippen molar-refractivity contribution in [2.75, 3.05) is 7.11 Å². The van der Waals surface area contributed by atoms with Crippen molar-refractivity contribution in [1.82, 2.24) is 0 Å². The van der Waals surface area contributed by atoms with Gasteiger partial charge in [0, 0.05) is 0 Å². The summed E-state index contributed by atoms with van der Waals surface area (Å²) in [7, 11) is 1.28. The van der Waals surface area contributed by atoms with Gasteiger partial charge in [-0.05, 0) is 12.1 Å². The smallest absolute Gasteiger partial charge is 0.322 e. The summed E-state index contributed by atoms with van der Waals surface area (Å²) >= 11 is 5.61. The van der Waals surface area contributed by atoms with Gasteiger partial charge in [-0.1, -0.05) is 11.6 Å². The second kappa shape index (κ2) is 4.06. The van der Waals surface area contributed by atoms with Crippen LogP contribution in [-0.2, 0) is 0 Å². The van der Waals surface area contributed by atoms with Crippen LogP contribution in [-0.4, -0.2) is 18.3 Å². The Bertz CT molecular complexity index is 391. The van der Waals surface area contributed by atoms with Gasteiger partial charge in [0.25, 0.3) is 0 Å². The van der Waals surface area contributed by atoms with Crippen molar-refractivity contribution in [3.63, 3.8) is 0 Å². The minimum atomic E-state index is -0.700. The summed E-state index contributed by atoms with van der Waals surface area (Å²) in [6.07, 6.45) is 0.336. The number of methoxy groups -OCH3 is 1. The molecule has 1 aromatic rings. The lowest BCUT2D eigenvalue weighted by molar-refractivity contribution is -0.385. The Kier molecular flexibility index (Phi) is 3.03. The second-order valence-corrected chi connectivity index (χ2v) is 2.79. The number of halogens is 1. The molecular weight excluding hydrogens is 210 g/mol. The average Bonchev–Trinajstić information content (AvgIpc) is 2.17. The van der Waals surface area contributed by atoms with E-state index in [4.69, 9.17) is 16.3 Å². The summed E-state index contributed by atoms with van der Waals surface area (Å²) in [5.41, 5.74) is -0.578. The third-order valence-corrected chi connectivity index (χ3v) is 1.98. The lowest BCUT2D eigenvalue weighted by atomic mass is 10.2. The lowest BCUT2D eigenvalue weighted by Crippen LogP contribution is -1.98. The van der Waals surface area contributed by atoms with Crippen LogP contribution in [0.1, 0.15) is 10.4 Å². The number of rotatable bonds is 3. The topological polar surface area (TPSA) is 69.4 Å². The second-order valence-electron chi connectivity index (χ2n) is 2.39. The molecular formula is C8H6ClNO4. The molecule has 1 rings (SSSR count). The van der Waals surface area contributed by atoms with Crippen molar-refractivity contribution in [2.24, 2.45) is 0 Å². The molecule has 0 heterocycles. The van der Waals surface area contributed by atoms with E-state index in [1.54, 1.807) is 0 Å². The molecule has 0 saturated heterocycles. The Morgan fingerprint density at radius 3 is 2.64 bits per heavy atom. The van der Waals surface area contributed by atoms with Gasteiger partial charge < -0.3 is 4.74 Å². The monoisotopic (exact) mass is 215 g/mol. The van der Waals surface area contributed by atoms with E-state index in [0.717, 1.165) is 0 Å². The van der Waals surface area contributed by atoms with Crippen LogP contribution in [0.3, 0.4) is 0 Å². The number of aldehydes is 1. The van der Waals surface area contributed by atoms with Gasteiger partial charge in [0.05, 0.1) is 17.1 Å². The first-order chi connectivity index (χ1) is 6.61. The molecule has 0 saturated carbocycles. The maximum absolute atomic E-state index is 10.6. The maximum atomic E-state index is 10.6. The van der Waals surface area contributed by atoms with E-state index in [1.165, 1.54) is 19.2 Å². The van der Waals surface area contributed by atoms with Crippen LogP contribution < -0.4 is 4.74 Å². The van der Waals surface area contributed by atoms with E-state index in [1.807, 2.05) is 0 Å². The molecule has 0 atom stereocenters. The van der Waals surface area contributed by atoms with E-state index in [0.29, 0.717) is 6.29 Å². The molecule has 0 aliphatic heterocycles. The Labute approximate surface area is 84.4 Å². The molecule has 0 fully saturated rings. The highest BCUT2D eigenvalue weighted by atomic mass is 35.5. The fourth-order valence-electron chi connectivity index (χ4n) is 1.03. The molecule has 0 bridgehead atoms. The molecule has 0 amide bonds. The first-order valence-electron chi connectivity index (χ1n) is 3.58. The number of benzene rings is 1. The number of carbonyl (C=O) groups is 1. The Hall–Kier alpha value is -1.62. The molecule has 0 N–H and O–H groups in total. The van der Waals surface area contributed by atoms with Gasteiger partial charge in [-0.2, -0.15) is 0 Å². The third kappa shape index (κ3) is 1.67. The van der Waals surface area contributed by atoms with Crippen molar-refractivity contribution in [3.8, 4) is 5.75 Å². The number of ether oxygens (including phenoxy) is 1. The molecule has 1 aromatic carbocycles. The molecule has 0 aromatic heterocycles. The molecule has 0 radical (unpaired) electrons. The van der Waals surface area contributed by atoms with Crippen molar-refractivity contribution >= 4 is 23.6 Å². The summed E-state index contributed by atoms with van der Waals surface area (Å²) in [4.78, 5) is 20.5. The number of nitro groups is 1. The molecule has 74 valence electrons. The van der Waals surface area contributed by atoms with Crippen molar-refractivity contribution < 1.29 is 14.5 Å². The van der Waals surface area contributed by atoms with Crippen LogP contribution in [0.4, 0.5) is 5.69 Å². The van der Waals surface area contributed by atoms with E-state index < -0.39 is 10.6 Å². The van der Waals surface area contributed by atoms with Crippen LogP contribution in [0, 0.1) is 10.1 Å². The Balaban J connectivity index is 3.51. The van der Waals surface area contributed by atoms with E-state index >= 15 is 0 Å². The van der Waals surface area contributed by atoms with E-state index in [9.17, 15) is 14.9 Å². The number of nitrogens with zero attached hydrogens (tertiary/aromatic N) is 1. The zero-order valence-corrected chi connectivity index (χ0v) is 7.95. The Morgan fingerprint density at radius 2 is 2.21 bits per heavy atom. The summed E-state index contributed by atoms with van der Waals surface area (Å²) < 4.78 is 4.74. The maximum Gasteiger partial charge on any atom is 0.322 e. The molecule has 0 spiro atoms. The zero-order valence-electron chi connectivity index (χ0n) is 7.19. The largest absolute Gasteiger partial charge is 0.490 e. The van der Waals surface area contributed by atoms with Crippen LogP contribution >= 0.6 is 11.6 Å². The van der Waals surface area contributed by atoms with Crippen LogP contribution in [0.2, 0.25) is 5.02 Å². The van der Waals surface area contributed by atoms with Crippen LogP contribution in [0.25, 0.3) is 0 Å². The molecule has 14 heavy (non-hydrogen) atoms. The summed E-state index contributed by atoms with van der Waals surface area (Å²) in [5.74, 6) is 0.0153. The normalized spacial score (nSPS) is 9.57. The predicted octanol–water partition coefficient (Wildman–Crippen LogP) is 2.07.